The second kappa shape index (κ2) is 57.1. The summed E-state index contributed by atoms with van der Waals surface area (Å²) in [5, 5.41) is 0. The Bertz CT molecular complexity index is 1530. The van der Waals surface area contributed by atoms with Gasteiger partial charge in [0, 0.05) is 19.3 Å². The van der Waals surface area contributed by atoms with Gasteiger partial charge in [0.05, 0.1) is 0 Å². The Labute approximate surface area is 430 Å². The average molecular weight is 968 g/mol. The molecule has 6 heteroatoms. The molecule has 0 spiro atoms. The number of ether oxygens (including phenoxy) is 3. The maximum Gasteiger partial charge on any atom is 0.306 e. The van der Waals surface area contributed by atoms with Gasteiger partial charge in [0.1, 0.15) is 13.2 Å². The van der Waals surface area contributed by atoms with Crippen LogP contribution in [0, 0.1) is 0 Å². The number of carbonyl (C=O) groups excluding carboxylic acids is 3. The van der Waals surface area contributed by atoms with Gasteiger partial charge in [0.25, 0.3) is 0 Å². The molecule has 0 N–H and O–H groups in total. The first-order valence-electron chi connectivity index (χ1n) is 28.2. The molecule has 1 unspecified atom stereocenters. The first-order valence-corrected chi connectivity index (χ1v) is 28.2. The second-order valence-corrected chi connectivity index (χ2v) is 18.1. The van der Waals surface area contributed by atoms with Crippen LogP contribution in [0.4, 0.5) is 0 Å². The van der Waals surface area contributed by atoms with E-state index >= 15 is 0 Å². The summed E-state index contributed by atoms with van der Waals surface area (Å²) >= 11 is 0. The molecule has 0 amide bonds. The van der Waals surface area contributed by atoms with Crippen LogP contribution in [0.1, 0.15) is 233 Å². The fourth-order valence-corrected chi connectivity index (χ4v) is 7.24. The van der Waals surface area contributed by atoms with E-state index in [1.54, 1.807) is 0 Å². The minimum absolute atomic E-state index is 0.108. The molecular formula is C64H102O6. The lowest BCUT2D eigenvalue weighted by Gasteiger charge is -2.18. The minimum Gasteiger partial charge on any atom is -0.462 e. The largest absolute Gasteiger partial charge is 0.462 e. The van der Waals surface area contributed by atoms with Gasteiger partial charge in [0.15, 0.2) is 6.10 Å². The highest BCUT2D eigenvalue weighted by Gasteiger charge is 2.19. The number of carbonyl (C=O) groups is 3. The zero-order valence-electron chi connectivity index (χ0n) is 45.0. The molecule has 0 aromatic heterocycles. The van der Waals surface area contributed by atoms with E-state index in [9.17, 15) is 14.4 Å². The summed E-state index contributed by atoms with van der Waals surface area (Å²) < 4.78 is 16.8. The van der Waals surface area contributed by atoms with E-state index in [0.717, 1.165) is 128 Å². The van der Waals surface area contributed by atoms with Gasteiger partial charge in [-0.1, -0.05) is 238 Å². The molecule has 0 fully saturated rings. The Hall–Kier alpha value is -4.45. The van der Waals surface area contributed by atoms with Crippen LogP contribution in [0.3, 0.4) is 0 Å². The molecule has 0 radical (unpaired) electrons. The topological polar surface area (TPSA) is 78.9 Å². The highest BCUT2D eigenvalue weighted by molar-refractivity contribution is 5.71. The van der Waals surface area contributed by atoms with Crippen LogP contribution >= 0.6 is 0 Å². The first kappa shape index (κ1) is 65.5. The van der Waals surface area contributed by atoms with Crippen molar-refractivity contribution in [3.05, 3.63) is 134 Å². The highest BCUT2D eigenvalue weighted by Crippen LogP contribution is 2.13. The van der Waals surface area contributed by atoms with Crippen molar-refractivity contribution in [1.29, 1.82) is 0 Å². The Morgan fingerprint density at radius 1 is 0.300 bits per heavy atom. The van der Waals surface area contributed by atoms with Gasteiger partial charge < -0.3 is 14.2 Å². The van der Waals surface area contributed by atoms with Crippen LogP contribution in [0.15, 0.2) is 134 Å². The molecule has 0 aromatic carbocycles. The van der Waals surface area contributed by atoms with E-state index in [1.807, 2.05) is 0 Å². The summed E-state index contributed by atoms with van der Waals surface area (Å²) in [4.78, 5) is 38.0. The van der Waals surface area contributed by atoms with E-state index in [1.165, 1.54) is 57.8 Å². The van der Waals surface area contributed by atoms with E-state index < -0.39 is 6.10 Å². The molecule has 0 aromatic rings. The number of unbranched alkanes of at least 4 members (excludes halogenated alkanes) is 16. The molecule has 6 nitrogen and oxygen atoms in total. The average Bonchev–Trinajstić information content (AvgIpc) is 3.36. The quantitative estimate of drug-likeness (QED) is 0.0262. The van der Waals surface area contributed by atoms with Crippen molar-refractivity contribution in [3.63, 3.8) is 0 Å². The number of hydrogen-bond donors (Lipinski definition) is 0. The second-order valence-electron chi connectivity index (χ2n) is 18.1. The monoisotopic (exact) mass is 967 g/mol. The zero-order valence-corrected chi connectivity index (χ0v) is 45.0. The summed E-state index contributed by atoms with van der Waals surface area (Å²) in [6.07, 6.45) is 80.2. The smallest absolute Gasteiger partial charge is 0.306 e. The number of rotatable bonds is 49. The Morgan fingerprint density at radius 3 is 0.914 bits per heavy atom. The molecule has 70 heavy (non-hydrogen) atoms. The van der Waals surface area contributed by atoms with Gasteiger partial charge in [0.2, 0.25) is 0 Å². The Kier molecular flexibility index (Phi) is 53.5. The third kappa shape index (κ3) is 54.5. The Morgan fingerprint density at radius 2 is 0.571 bits per heavy atom. The Balaban J connectivity index is 4.42. The molecule has 0 saturated heterocycles. The van der Waals surface area contributed by atoms with Crippen LogP contribution in [0.5, 0.6) is 0 Å². The van der Waals surface area contributed by atoms with E-state index in [2.05, 4.69) is 154 Å². The van der Waals surface area contributed by atoms with Gasteiger partial charge in [-0.05, 0) is 109 Å². The molecule has 1 atom stereocenters. The minimum atomic E-state index is -0.817. The molecule has 0 aliphatic heterocycles. The summed E-state index contributed by atoms with van der Waals surface area (Å²) in [6, 6.07) is 0. The number of esters is 3. The van der Waals surface area contributed by atoms with Crippen molar-refractivity contribution >= 4 is 17.9 Å². The predicted octanol–water partition coefficient (Wildman–Crippen LogP) is 19.0. The van der Waals surface area contributed by atoms with Gasteiger partial charge in [-0.25, -0.2) is 0 Å². The molecule has 0 rings (SSSR count). The van der Waals surface area contributed by atoms with Crippen LogP contribution in [-0.4, -0.2) is 37.2 Å². The zero-order chi connectivity index (χ0) is 50.7. The molecule has 0 bridgehead atoms. The van der Waals surface area contributed by atoms with Crippen LogP contribution in [0.25, 0.3) is 0 Å². The third-order valence-corrected chi connectivity index (χ3v) is 11.4. The van der Waals surface area contributed by atoms with Gasteiger partial charge in [-0.15, -0.1) is 0 Å². The van der Waals surface area contributed by atoms with Crippen LogP contribution in [-0.2, 0) is 28.6 Å². The van der Waals surface area contributed by atoms with Crippen LogP contribution in [0.2, 0.25) is 0 Å². The normalized spacial score (nSPS) is 13.1. The third-order valence-electron chi connectivity index (χ3n) is 11.4. The van der Waals surface area contributed by atoms with Crippen LogP contribution < -0.4 is 0 Å². The molecule has 0 aliphatic rings. The maximum absolute atomic E-state index is 12.8. The summed E-state index contributed by atoms with van der Waals surface area (Å²) in [7, 11) is 0. The maximum atomic E-state index is 12.8. The van der Waals surface area contributed by atoms with Gasteiger partial charge in [-0.3, -0.25) is 14.4 Å². The highest BCUT2D eigenvalue weighted by atomic mass is 16.6. The lowest BCUT2D eigenvalue weighted by Crippen LogP contribution is -2.30. The van der Waals surface area contributed by atoms with Crippen molar-refractivity contribution in [2.75, 3.05) is 13.2 Å². The number of hydrogen-bond acceptors (Lipinski definition) is 6. The standard InChI is InChI=1S/C64H102O6/c1-4-7-10-13-16-19-22-24-26-28-29-30-31-32-33-34-35-37-38-40-42-45-48-51-54-57-63(66)69-60-61(59-68-62(65)56-53-50-47-44-21-18-15-12-9-6-3)70-64(67)58-55-52-49-46-43-41-39-36-27-25-23-20-17-14-11-8-5-2/h7-8,10-11,16-17,19-20,24-27,29-30,32-33,35,37,39,41,46,49,61H,4-6,9,12-15,18,21-23,28,31,34,36,38,40,42-45,47-48,50-60H2,1-3H3/b10-7-,11-8-,19-16-,20-17-,26-24-,27-25-,30-29-,33-32-,37-35-,41-39-,49-46-. The fourth-order valence-electron chi connectivity index (χ4n) is 7.24. The van der Waals surface area contributed by atoms with E-state index in [-0.39, 0.29) is 37.5 Å². The summed E-state index contributed by atoms with van der Waals surface area (Å²) in [5.74, 6) is -0.989. The summed E-state index contributed by atoms with van der Waals surface area (Å²) in [6.45, 7) is 6.33. The van der Waals surface area contributed by atoms with Crippen molar-refractivity contribution < 1.29 is 28.6 Å². The fraction of sp³-hybridized carbons (Fsp3) is 0.609. The van der Waals surface area contributed by atoms with Gasteiger partial charge >= 0.3 is 17.9 Å². The first-order chi connectivity index (χ1) is 34.5. The molecule has 0 saturated carbocycles. The predicted molar refractivity (Wildman–Crippen MR) is 302 cm³/mol. The van der Waals surface area contributed by atoms with Crippen molar-refractivity contribution in [3.8, 4) is 0 Å². The summed E-state index contributed by atoms with van der Waals surface area (Å²) in [5.41, 5.74) is 0. The van der Waals surface area contributed by atoms with E-state index in [0.29, 0.717) is 19.3 Å². The van der Waals surface area contributed by atoms with Gasteiger partial charge in [-0.2, -0.15) is 0 Å². The lowest BCUT2D eigenvalue weighted by atomic mass is 10.1. The molecule has 0 heterocycles. The van der Waals surface area contributed by atoms with E-state index in [4.69, 9.17) is 14.2 Å². The molecular weight excluding hydrogens is 865 g/mol. The van der Waals surface area contributed by atoms with Crippen molar-refractivity contribution in [2.24, 2.45) is 0 Å². The van der Waals surface area contributed by atoms with Crippen molar-refractivity contribution in [1.82, 2.24) is 0 Å². The number of allylic oxidation sites excluding steroid dienone is 22. The SMILES string of the molecule is CC/C=C\C/C=C\C/C=C\C/C=C\C/C=C\C/C=C\CCCCCCCCC(=O)OCC(COC(=O)CCCCCCCCCCCC)OC(=O)CCC/C=C\C/C=C\C/C=C\C/C=C\C/C=C\CC. The lowest BCUT2D eigenvalue weighted by molar-refractivity contribution is -0.167. The molecule has 394 valence electrons. The van der Waals surface area contributed by atoms with Crippen molar-refractivity contribution in [2.45, 2.75) is 239 Å². The molecule has 0 aliphatic carbocycles.